The van der Waals surface area contributed by atoms with Gasteiger partial charge in [0.25, 0.3) is 0 Å². The summed E-state index contributed by atoms with van der Waals surface area (Å²) in [5.41, 5.74) is -0.219. The number of nitrogens with zero attached hydrogens (tertiary/aromatic N) is 1. The van der Waals surface area contributed by atoms with Gasteiger partial charge in [0.05, 0.1) is 17.7 Å². The molecule has 0 spiro atoms. The number of hydrogen-bond acceptors (Lipinski definition) is 3. The molecule has 5 nitrogen and oxygen atoms in total. The van der Waals surface area contributed by atoms with Crippen molar-refractivity contribution in [3.63, 3.8) is 0 Å². The van der Waals surface area contributed by atoms with Crippen LogP contribution in [-0.4, -0.2) is 40.5 Å². The second-order valence-corrected chi connectivity index (χ2v) is 6.17. The molecule has 0 aromatic heterocycles. The van der Waals surface area contributed by atoms with Crippen LogP contribution in [0.15, 0.2) is 24.3 Å². The fourth-order valence-corrected chi connectivity index (χ4v) is 3.27. The predicted molar refractivity (Wildman–Crippen MR) is 77.7 cm³/mol. The number of aliphatic hydroxyl groups excluding tert-OH is 1. The molecule has 130 valence electrons. The molecular weight excluding hydrogens is 325 g/mol. The summed E-state index contributed by atoms with van der Waals surface area (Å²) in [7, 11) is 0. The van der Waals surface area contributed by atoms with Gasteiger partial charge < -0.3 is 15.3 Å². The fraction of sp³-hybridized carbons (Fsp3) is 0.500. The molecule has 0 radical (unpaired) electrons. The zero-order chi connectivity index (χ0) is 17.5. The third-order valence-electron chi connectivity index (χ3n) is 4.48. The Morgan fingerprint density at radius 1 is 1.25 bits per heavy atom. The quantitative estimate of drug-likeness (QED) is 0.858. The molecule has 2 N–H and O–H groups in total. The van der Waals surface area contributed by atoms with Crippen LogP contribution in [0.4, 0.5) is 13.2 Å². The van der Waals surface area contributed by atoms with E-state index in [4.69, 9.17) is 0 Å². The molecule has 24 heavy (non-hydrogen) atoms. The molecule has 2 heterocycles. The van der Waals surface area contributed by atoms with E-state index in [-0.39, 0.29) is 31.2 Å². The molecule has 3 unspecified atom stereocenters. The van der Waals surface area contributed by atoms with Gasteiger partial charge in [0.15, 0.2) is 0 Å². The first kappa shape index (κ1) is 16.8. The number of rotatable bonds is 2. The van der Waals surface area contributed by atoms with E-state index in [0.29, 0.717) is 12.0 Å². The van der Waals surface area contributed by atoms with Gasteiger partial charge in [-0.25, -0.2) is 0 Å². The van der Waals surface area contributed by atoms with Gasteiger partial charge in [-0.2, -0.15) is 13.2 Å². The van der Waals surface area contributed by atoms with Gasteiger partial charge in [0.1, 0.15) is 6.04 Å². The van der Waals surface area contributed by atoms with Crippen molar-refractivity contribution < 1.29 is 27.9 Å². The van der Waals surface area contributed by atoms with E-state index in [1.807, 2.05) is 0 Å². The number of carbonyl (C=O) groups excluding carboxylic acids is 2. The van der Waals surface area contributed by atoms with Crippen LogP contribution in [0.25, 0.3) is 0 Å². The third kappa shape index (κ3) is 3.24. The highest BCUT2D eigenvalue weighted by molar-refractivity contribution is 5.91. The number of likely N-dealkylation sites (tertiary alicyclic amines) is 1. The SMILES string of the molecule is O=C1CCC(C(=O)N2CC(O)CC2c2ccc(C(F)(F)F)cc2)N1. The Bertz CT molecular complexity index is 645. The van der Waals surface area contributed by atoms with Gasteiger partial charge in [0.2, 0.25) is 11.8 Å². The number of hydrogen-bond donors (Lipinski definition) is 2. The lowest BCUT2D eigenvalue weighted by molar-refractivity contribution is -0.138. The van der Waals surface area contributed by atoms with Crippen LogP contribution in [-0.2, 0) is 15.8 Å². The second kappa shape index (κ2) is 6.08. The zero-order valence-corrected chi connectivity index (χ0v) is 12.7. The Morgan fingerprint density at radius 2 is 1.92 bits per heavy atom. The fourth-order valence-electron chi connectivity index (χ4n) is 3.27. The summed E-state index contributed by atoms with van der Waals surface area (Å²) in [6.45, 7) is 0.108. The number of benzene rings is 1. The van der Waals surface area contributed by atoms with E-state index in [1.54, 1.807) is 0 Å². The molecule has 2 fully saturated rings. The maximum atomic E-state index is 12.7. The molecule has 2 aliphatic rings. The van der Waals surface area contributed by atoms with E-state index in [0.717, 1.165) is 12.1 Å². The first-order chi connectivity index (χ1) is 11.3. The van der Waals surface area contributed by atoms with Crippen molar-refractivity contribution in [2.24, 2.45) is 0 Å². The van der Waals surface area contributed by atoms with Gasteiger partial charge in [-0.3, -0.25) is 9.59 Å². The Labute approximate surface area is 136 Å². The molecular formula is C16H17F3N2O3. The lowest BCUT2D eigenvalue weighted by Crippen LogP contribution is -2.44. The van der Waals surface area contributed by atoms with E-state index in [2.05, 4.69) is 5.32 Å². The van der Waals surface area contributed by atoms with Crippen molar-refractivity contribution >= 4 is 11.8 Å². The normalized spacial score (nSPS) is 27.4. The minimum atomic E-state index is -4.42. The number of aliphatic hydroxyl groups is 1. The Balaban J connectivity index is 1.80. The first-order valence-corrected chi connectivity index (χ1v) is 7.71. The van der Waals surface area contributed by atoms with Crippen LogP contribution >= 0.6 is 0 Å². The van der Waals surface area contributed by atoms with Gasteiger partial charge in [0, 0.05) is 13.0 Å². The van der Waals surface area contributed by atoms with Gasteiger partial charge >= 0.3 is 6.18 Å². The van der Waals surface area contributed by atoms with E-state index in [9.17, 15) is 27.9 Å². The summed E-state index contributed by atoms with van der Waals surface area (Å²) in [4.78, 5) is 25.3. The summed E-state index contributed by atoms with van der Waals surface area (Å²) in [6, 6.07) is 3.49. The maximum Gasteiger partial charge on any atom is 0.416 e. The van der Waals surface area contributed by atoms with Crippen molar-refractivity contribution in [3.05, 3.63) is 35.4 Å². The molecule has 0 aliphatic carbocycles. The number of amides is 2. The van der Waals surface area contributed by atoms with Crippen molar-refractivity contribution in [2.45, 2.75) is 43.6 Å². The molecule has 8 heteroatoms. The molecule has 2 aliphatic heterocycles. The van der Waals surface area contributed by atoms with Crippen LogP contribution in [0.3, 0.4) is 0 Å². The third-order valence-corrected chi connectivity index (χ3v) is 4.48. The van der Waals surface area contributed by atoms with Gasteiger partial charge in [-0.15, -0.1) is 0 Å². The highest BCUT2D eigenvalue weighted by Crippen LogP contribution is 2.35. The smallest absolute Gasteiger partial charge is 0.391 e. The molecule has 0 bridgehead atoms. The Hall–Kier alpha value is -2.09. The highest BCUT2D eigenvalue weighted by Gasteiger charge is 2.40. The molecule has 0 saturated carbocycles. The lowest BCUT2D eigenvalue weighted by atomic mass is 10.0. The van der Waals surface area contributed by atoms with Crippen molar-refractivity contribution in [1.29, 1.82) is 0 Å². The summed E-state index contributed by atoms with van der Waals surface area (Å²) in [6.07, 6.45) is -4.23. The second-order valence-electron chi connectivity index (χ2n) is 6.17. The van der Waals surface area contributed by atoms with Crippen molar-refractivity contribution in [2.75, 3.05) is 6.54 Å². The summed E-state index contributed by atoms with van der Waals surface area (Å²) < 4.78 is 38.0. The van der Waals surface area contributed by atoms with E-state index < -0.39 is 29.9 Å². The largest absolute Gasteiger partial charge is 0.416 e. The minimum absolute atomic E-state index is 0.108. The first-order valence-electron chi connectivity index (χ1n) is 7.71. The van der Waals surface area contributed by atoms with Crippen molar-refractivity contribution in [1.82, 2.24) is 10.2 Å². The average Bonchev–Trinajstić information content (AvgIpc) is 3.12. The van der Waals surface area contributed by atoms with Crippen LogP contribution in [0.5, 0.6) is 0 Å². The molecule has 1 aromatic rings. The van der Waals surface area contributed by atoms with E-state index in [1.165, 1.54) is 17.0 Å². The standard InChI is InChI=1S/C16H17F3N2O3/c17-16(18,19)10-3-1-9(2-4-10)13-7-11(22)8-21(13)15(24)12-5-6-14(23)20-12/h1-4,11-13,22H,5-8H2,(H,20,23). The van der Waals surface area contributed by atoms with Gasteiger partial charge in [-0.1, -0.05) is 12.1 Å². The van der Waals surface area contributed by atoms with Gasteiger partial charge in [-0.05, 0) is 30.5 Å². The molecule has 3 atom stereocenters. The van der Waals surface area contributed by atoms with Crippen LogP contribution in [0.2, 0.25) is 0 Å². The zero-order valence-electron chi connectivity index (χ0n) is 12.7. The topological polar surface area (TPSA) is 69.6 Å². The predicted octanol–water partition coefficient (Wildman–Crippen LogP) is 1.62. The molecule has 2 saturated heterocycles. The van der Waals surface area contributed by atoms with Crippen LogP contribution in [0, 0.1) is 0 Å². The van der Waals surface area contributed by atoms with Crippen LogP contribution in [0.1, 0.15) is 36.4 Å². The summed E-state index contributed by atoms with van der Waals surface area (Å²) >= 11 is 0. The monoisotopic (exact) mass is 342 g/mol. The number of halogens is 3. The van der Waals surface area contributed by atoms with Crippen molar-refractivity contribution in [3.8, 4) is 0 Å². The average molecular weight is 342 g/mol. The van der Waals surface area contributed by atoms with Crippen LogP contribution < -0.4 is 5.32 Å². The highest BCUT2D eigenvalue weighted by atomic mass is 19.4. The molecule has 2 amide bonds. The lowest BCUT2D eigenvalue weighted by Gasteiger charge is -2.27. The summed E-state index contributed by atoms with van der Waals surface area (Å²) in [5, 5.41) is 12.5. The number of alkyl halides is 3. The molecule has 3 rings (SSSR count). The number of β-amino-alcohol motifs (C(OH)–C–C–N with tert-alkyl or cyclic N) is 1. The maximum absolute atomic E-state index is 12.7. The number of nitrogens with one attached hydrogen (secondary N) is 1. The summed E-state index contributed by atoms with van der Waals surface area (Å²) in [5.74, 6) is -0.499. The number of carbonyl (C=O) groups is 2. The Kier molecular flexibility index (Phi) is 4.25. The Morgan fingerprint density at radius 3 is 2.46 bits per heavy atom. The van der Waals surface area contributed by atoms with E-state index >= 15 is 0 Å². The molecule has 1 aromatic carbocycles. The minimum Gasteiger partial charge on any atom is -0.391 e.